The highest BCUT2D eigenvalue weighted by Gasteiger charge is 2.33. The Morgan fingerprint density at radius 1 is 1.31 bits per heavy atom. The lowest BCUT2D eigenvalue weighted by atomic mass is 10.1. The molecule has 7 nitrogen and oxygen atoms in total. The Hall–Kier alpha value is -2.61. The van der Waals surface area contributed by atoms with Gasteiger partial charge >= 0.3 is 0 Å². The summed E-state index contributed by atoms with van der Waals surface area (Å²) in [6, 6.07) is 1.89. The van der Waals surface area contributed by atoms with Crippen LogP contribution in [0.2, 0.25) is 0 Å². The lowest BCUT2D eigenvalue weighted by molar-refractivity contribution is 0.0727. The summed E-state index contributed by atoms with van der Waals surface area (Å²) in [5.41, 5.74) is 5.52. The Bertz CT molecular complexity index is 931. The van der Waals surface area contributed by atoms with E-state index < -0.39 is 0 Å². The molecule has 0 N–H and O–H groups in total. The second kappa shape index (κ2) is 6.60. The summed E-state index contributed by atoms with van der Waals surface area (Å²) in [6.45, 7) is 6.36. The molecule has 0 aromatic carbocycles. The van der Waals surface area contributed by atoms with Gasteiger partial charge in [-0.15, -0.1) is 11.3 Å². The monoisotopic (exact) mass is 369 g/mol. The van der Waals surface area contributed by atoms with Crippen molar-refractivity contribution in [3.8, 4) is 11.3 Å². The highest BCUT2D eigenvalue weighted by Crippen LogP contribution is 2.34. The quantitative estimate of drug-likeness (QED) is 0.702. The number of carbonyl (C=O) groups excluding carboxylic acids is 1. The lowest BCUT2D eigenvalue weighted by Gasteiger charge is -2.24. The maximum atomic E-state index is 12.8. The normalized spacial score (nSPS) is 17.0. The number of rotatable bonds is 3. The summed E-state index contributed by atoms with van der Waals surface area (Å²) in [6.07, 6.45) is 1.83. The first-order valence-electron chi connectivity index (χ1n) is 8.52. The van der Waals surface area contributed by atoms with Gasteiger partial charge in [0.15, 0.2) is 0 Å². The van der Waals surface area contributed by atoms with E-state index in [1.807, 2.05) is 31.7 Å². The van der Waals surface area contributed by atoms with Crippen LogP contribution < -0.4 is 0 Å². The van der Waals surface area contributed by atoms with Crippen LogP contribution in [-0.2, 0) is 0 Å². The number of aryl methyl sites for hydroxylation is 3. The molecule has 3 aromatic rings. The Morgan fingerprint density at radius 2 is 2.15 bits per heavy atom. The van der Waals surface area contributed by atoms with Gasteiger partial charge in [-0.3, -0.25) is 4.79 Å². The third-order valence-corrected chi connectivity index (χ3v) is 5.24. The highest BCUT2D eigenvalue weighted by atomic mass is 32.1. The molecule has 0 unspecified atom stereocenters. The molecule has 4 heterocycles. The van der Waals surface area contributed by atoms with Crippen molar-refractivity contribution in [1.29, 1.82) is 0 Å². The zero-order valence-corrected chi connectivity index (χ0v) is 15.7. The van der Waals surface area contributed by atoms with Crippen molar-refractivity contribution in [3.63, 3.8) is 0 Å². The smallest absolute Gasteiger partial charge is 0.273 e. The molecule has 0 radical (unpaired) electrons. The summed E-state index contributed by atoms with van der Waals surface area (Å²) < 4.78 is 5.28. The minimum absolute atomic E-state index is 0.0381. The van der Waals surface area contributed by atoms with Crippen LogP contribution >= 0.6 is 11.3 Å². The highest BCUT2D eigenvalue weighted by molar-refractivity contribution is 7.07. The van der Waals surface area contributed by atoms with Gasteiger partial charge in [0, 0.05) is 11.9 Å². The average molecular weight is 369 g/mol. The number of hydrogen-bond acceptors (Lipinski definition) is 7. The average Bonchev–Trinajstić information content (AvgIpc) is 3.35. The maximum absolute atomic E-state index is 12.8. The van der Waals surface area contributed by atoms with Gasteiger partial charge in [0.2, 0.25) is 0 Å². The molecular formula is C18H19N5O2S. The molecule has 1 fully saturated rings. The Labute approximate surface area is 155 Å². The van der Waals surface area contributed by atoms with Crippen LogP contribution in [-0.4, -0.2) is 37.5 Å². The number of nitrogens with zero attached hydrogens (tertiary/aromatic N) is 5. The predicted molar refractivity (Wildman–Crippen MR) is 96.9 cm³/mol. The van der Waals surface area contributed by atoms with Crippen molar-refractivity contribution in [2.75, 3.05) is 6.54 Å². The van der Waals surface area contributed by atoms with Gasteiger partial charge in [0.05, 0.1) is 34.2 Å². The van der Waals surface area contributed by atoms with Crippen LogP contribution in [0.5, 0.6) is 0 Å². The Balaban J connectivity index is 1.72. The number of likely N-dealkylation sites (tertiary alicyclic amines) is 1. The van der Waals surface area contributed by atoms with Crippen LogP contribution in [0.1, 0.15) is 52.3 Å². The molecule has 3 aromatic heterocycles. The molecule has 1 atom stereocenters. The fraction of sp³-hybridized carbons (Fsp3) is 0.389. The summed E-state index contributed by atoms with van der Waals surface area (Å²) in [5.74, 6) is 1.36. The molecule has 8 heteroatoms. The van der Waals surface area contributed by atoms with E-state index in [0.717, 1.165) is 41.2 Å². The maximum Gasteiger partial charge on any atom is 0.273 e. The van der Waals surface area contributed by atoms with Gasteiger partial charge in [-0.2, -0.15) is 0 Å². The third-order valence-electron chi connectivity index (χ3n) is 4.65. The van der Waals surface area contributed by atoms with Crippen molar-refractivity contribution in [2.45, 2.75) is 39.7 Å². The predicted octanol–water partition coefficient (Wildman–Crippen LogP) is 3.49. The van der Waals surface area contributed by atoms with Gasteiger partial charge in [-0.25, -0.2) is 15.0 Å². The van der Waals surface area contributed by atoms with E-state index in [2.05, 4.69) is 20.1 Å². The molecule has 1 saturated heterocycles. The Morgan fingerprint density at radius 3 is 2.85 bits per heavy atom. The van der Waals surface area contributed by atoms with Gasteiger partial charge in [-0.1, -0.05) is 5.16 Å². The van der Waals surface area contributed by atoms with Crippen LogP contribution in [0, 0.1) is 20.8 Å². The topological polar surface area (TPSA) is 85.0 Å². The minimum Gasteiger partial charge on any atom is -0.361 e. The summed E-state index contributed by atoms with van der Waals surface area (Å²) in [4.78, 5) is 28.0. The molecule has 0 bridgehead atoms. The standard InChI is InChI=1S/C18H19N5O2S/c1-10-17(11(2)25-22-10)14-7-13(20-12(3)21-14)16-5-4-6-23(16)18(24)15-8-26-9-19-15/h7-9,16H,4-6H2,1-3H3/t16-/m0/s1. The van der Waals surface area contributed by atoms with E-state index in [-0.39, 0.29) is 11.9 Å². The SMILES string of the molecule is Cc1nc(-c2c(C)noc2C)cc([C@@H]2CCCN2C(=O)c2cscn2)n1. The van der Waals surface area contributed by atoms with Crippen molar-refractivity contribution in [1.82, 2.24) is 25.0 Å². The van der Waals surface area contributed by atoms with E-state index in [1.54, 1.807) is 10.9 Å². The van der Waals surface area contributed by atoms with Crippen molar-refractivity contribution >= 4 is 17.2 Å². The van der Waals surface area contributed by atoms with Gasteiger partial charge in [-0.05, 0) is 39.7 Å². The first kappa shape index (κ1) is 16.8. The number of thiazole rings is 1. The van der Waals surface area contributed by atoms with E-state index in [0.29, 0.717) is 18.1 Å². The Kier molecular flexibility index (Phi) is 4.28. The van der Waals surface area contributed by atoms with Gasteiger partial charge in [0.25, 0.3) is 5.91 Å². The lowest BCUT2D eigenvalue weighted by Crippen LogP contribution is -2.31. The summed E-state index contributed by atoms with van der Waals surface area (Å²) >= 11 is 1.43. The van der Waals surface area contributed by atoms with E-state index in [1.165, 1.54) is 11.3 Å². The molecule has 26 heavy (non-hydrogen) atoms. The first-order chi connectivity index (χ1) is 12.5. The first-order valence-corrected chi connectivity index (χ1v) is 9.47. The molecule has 1 aliphatic heterocycles. The zero-order chi connectivity index (χ0) is 18.3. The number of hydrogen-bond donors (Lipinski definition) is 0. The van der Waals surface area contributed by atoms with Crippen molar-refractivity contribution in [3.05, 3.63) is 45.6 Å². The second-order valence-electron chi connectivity index (χ2n) is 6.45. The summed E-state index contributed by atoms with van der Waals surface area (Å²) in [7, 11) is 0. The second-order valence-corrected chi connectivity index (χ2v) is 7.17. The molecule has 1 aliphatic rings. The molecular weight excluding hydrogens is 350 g/mol. The third kappa shape index (κ3) is 2.90. The molecule has 0 spiro atoms. The van der Waals surface area contributed by atoms with Crippen LogP contribution in [0.4, 0.5) is 0 Å². The van der Waals surface area contributed by atoms with Crippen molar-refractivity contribution < 1.29 is 9.32 Å². The number of amides is 1. The van der Waals surface area contributed by atoms with E-state index >= 15 is 0 Å². The number of carbonyl (C=O) groups is 1. The van der Waals surface area contributed by atoms with E-state index in [9.17, 15) is 4.79 Å². The van der Waals surface area contributed by atoms with Gasteiger partial charge < -0.3 is 9.42 Å². The van der Waals surface area contributed by atoms with Crippen molar-refractivity contribution in [2.24, 2.45) is 0 Å². The molecule has 4 rings (SSSR count). The zero-order valence-electron chi connectivity index (χ0n) is 14.9. The largest absolute Gasteiger partial charge is 0.361 e. The number of aromatic nitrogens is 4. The van der Waals surface area contributed by atoms with Crippen LogP contribution in [0.25, 0.3) is 11.3 Å². The fourth-order valence-electron chi connectivity index (χ4n) is 3.52. The molecule has 0 saturated carbocycles. The molecule has 0 aliphatic carbocycles. The fourth-order valence-corrected chi connectivity index (χ4v) is 4.05. The van der Waals surface area contributed by atoms with E-state index in [4.69, 9.17) is 4.52 Å². The van der Waals surface area contributed by atoms with Crippen LogP contribution in [0.15, 0.2) is 21.5 Å². The molecule has 134 valence electrons. The molecule has 1 amide bonds. The summed E-state index contributed by atoms with van der Waals surface area (Å²) in [5, 5.41) is 5.81. The minimum atomic E-state index is -0.0647. The van der Waals surface area contributed by atoms with Gasteiger partial charge in [0.1, 0.15) is 17.3 Å². The van der Waals surface area contributed by atoms with Crippen LogP contribution in [0.3, 0.4) is 0 Å².